The van der Waals surface area contributed by atoms with Crippen LogP contribution in [-0.2, 0) is 12.1 Å². The molecule has 6 heteroatoms. The molecule has 0 saturated carbocycles. The fraction of sp³-hybridized carbons (Fsp3) is 0.500. The van der Waals surface area contributed by atoms with Gasteiger partial charge < -0.3 is 10.0 Å². The Morgan fingerprint density at radius 1 is 1.50 bits per heavy atom. The van der Waals surface area contributed by atoms with E-state index in [1.807, 2.05) is 44.1 Å². The maximum atomic E-state index is 11.0. The Morgan fingerprint density at radius 3 is 2.75 bits per heavy atom. The zero-order chi connectivity index (χ0) is 14.9. The van der Waals surface area contributed by atoms with Crippen molar-refractivity contribution in [2.24, 2.45) is 0 Å². The summed E-state index contributed by atoms with van der Waals surface area (Å²) in [4.78, 5) is 3.06. The van der Waals surface area contributed by atoms with E-state index >= 15 is 0 Å². The predicted molar refractivity (Wildman–Crippen MR) is 86.2 cm³/mol. The summed E-state index contributed by atoms with van der Waals surface area (Å²) < 4.78 is 2.72. The maximum Gasteiger partial charge on any atom is 0.139 e. The summed E-state index contributed by atoms with van der Waals surface area (Å²) >= 11 is 5.09. The molecule has 0 aliphatic carbocycles. The molecule has 1 N–H and O–H groups in total. The highest BCUT2D eigenvalue weighted by molar-refractivity contribution is 9.10. The molecule has 110 valence electrons. The van der Waals surface area contributed by atoms with Gasteiger partial charge in [-0.1, -0.05) is 0 Å². The summed E-state index contributed by atoms with van der Waals surface area (Å²) in [5.74, 6) is 0. The van der Waals surface area contributed by atoms with Gasteiger partial charge in [0.2, 0.25) is 0 Å². The Hall–Kier alpha value is -0.690. The fourth-order valence-electron chi connectivity index (χ4n) is 2.29. The predicted octanol–water partition coefficient (Wildman–Crippen LogP) is 2.83. The van der Waals surface area contributed by atoms with Crippen LogP contribution < -0.4 is 0 Å². The molecule has 0 amide bonds. The third-order valence-corrected chi connectivity index (χ3v) is 5.13. The number of thiophene rings is 1. The van der Waals surface area contributed by atoms with Gasteiger partial charge in [-0.15, -0.1) is 11.3 Å². The van der Waals surface area contributed by atoms with Crippen LogP contribution in [0.2, 0.25) is 0 Å². The summed E-state index contributed by atoms with van der Waals surface area (Å²) in [7, 11) is 4.06. The first-order valence-corrected chi connectivity index (χ1v) is 8.14. The number of aromatic nitrogens is 2. The second-order valence-electron chi connectivity index (χ2n) is 5.37. The monoisotopic (exact) mass is 357 g/mol. The zero-order valence-electron chi connectivity index (χ0n) is 12.2. The summed E-state index contributed by atoms with van der Waals surface area (Å²) in [5.41, 5.74) is 0.872. The Morgan fingerprint density at radius 2 is 2.20 bits per heavy atom. The fourth-order valence-corrected chi connectivity index (χ4v) is 3.96. The van der Waals surface area contributed by atoms with Crippen LogP contribution >= 0.6 is 27.3 Å². The van der Waals surface area contributed by atoms with Gasteiger partial charge in [0.05, 0.1) is 22.9 Å². The van der Waals surface area contributed by atoms with Crippen molar-refractivity contribution in [3.05, 3.63) is 38.3 Å². The Kier molecular flexibility index (Phi) is 4.69. The van der Waals surface area contributed by atoms with Gasteiger partial charge in [-0.2, -0.15) is 5.10 Å². The van der Waals surface area contributed by atoms with Crippen LogP contribution in [0.3, 0.4) is 0 Å². The third-order valence-electron chi connectivity index (χ3n) is 3.32. The van der Waals surface area contributed by atoms with Crippen molar-refractivity contribution in [1.29, 1.82) is 0 Å². The molecule has 0 aliphatic rings. The van der Waals surface area contributed by atoms with E-state index in [2.05, 4.69) is 25.9 Å². The highest BCUT2D eigenvalue weighted by Crippen LogP contribution is 2.38. The van der Waals surface area contributed by atoms with Crippen LogP contribution in [-0.4, -0.2) is 40.4 Å². The first-order chi connectivity index (χ1) is 9.34. The van der Waals surface area contributed by atoms with Gasteiger partial charge >= 0.3 is 0 Å². The van der Waals surface area contributed by atoms with E-state index in [9.17, 15) is 5.11 Å². The van der Waals surface area contributed by atoms with Gasteiger partial charge in [0, 0.05) is 11.4 Å². The molecule has 2 heterocycles. The highest BCUT2D eigenvalue weighted by Gasteiger charge is 2.34. The molecule has 2 rings (SSSR count). The lowest BCUT2D eigenvalue weighted by atomic mass is 9.97. The average Bonchev–Trinajstić information content (AvgIpc) is 2.93. The zero-order valence-corrected chi connectivity index (χ0v) is 14.6. The largest absolute Gasteiger partial charge is 0.378 e. The standard InChI is InChI=1S/C14H20BrN3OS/c1-10-5-8-20-13(10)14(2,19)12-11(15)9-16-18(12)7-6-17(3)4/h5,8-9,19H,6-7H2,1-4H3. The van der Waals surface area contributed by atoms with Gasteiger partial charge in [0.15, 0.2) is 0 Å². The van der Waals surface area contributed by atoms with E-state index in [0.717, 1.165) is 33.7 Å². The Labute approximate surface area is 132 Å². The van der Waals surface area contributed by atoms with E-state index < -0.39 is 5.60 Å². The second-order valence-corrected chi connectivity index (χ2v) is 7.14. The van der Waals surface area contributed by atoms with E-state index in [4.69, 9.17) is 0 Å². The van der Waals surface area contributed by atoms with Crippen LogP contribution in [0.4, 0.5) is 0 Å². The SMILES string of the molecule is Cc1ccsc1C(C)(O)c1c(Br)cnn1CCN(C)C. The van der Waals surface area contributed by atoms with Crippen molar-refractivity contribution >= 4 is 27.3 Å². The van der Waals surface area contributed by atoms with Crippen molar-refractivity contribution < 1.29 is 5.11 Å². The van der Waals surface area contributed by atoms with Crippen LogP contribution in [0, 0.1) is 6.92 Å². The summed E-state index contributed by atoms with van der Waals surface area (Å²) in [6, 6.07) is 2.03. The molecular formula is C14H20BrN3OS. The van der Waals surface area contributed by atoms with E-state index in [0.29, 0.717) is 0 Å². The van der Waals surface area contributed by atoms with Crippen molar-refractivity contribution in [3.63, 3.8) is 0 Å². The number of hydrogen-bond acceptors (Lipinski definition) is 4. The van der Waals surface area contributed by atoms with Gasteiger partial charge in [0.25, 0.3) is 0 Å². The smallest absolute Gasteiger partial charge is 0.139 e. The number of halogens is 1. The lowest BCUT2D eigenvalue weighted by Gasteiger charge is -2.25. The Balaban J connectivity index is 2.41. The van der Waals surface area contributed by atoms with Crippen molar-refractivity contribution in [2.45, 2.75) is 26.0 Å². The lowest BCUT2D eigenvalue weighted by molar-refractivity contribution is 0.0933. The maximum absolute atomic E-state index is 11.0. The minimum Gasteiger partial charge on any atom is -0.378 e. The topological polar surface area (TPSA) is 41.3 Å². The number of nitrogens with zero attached hydrogens (tertiary/aromatic N) is 3. The molecule has 0 spiro atoms. The molecule has 1 atom stereocenters. The van der Waals surface area contributed by atoms with Crippen molar-refractivity contribution in [2.75, 3.05) is 20.6 Å². The summed E-state index contributed by atoms with van der Waals surface area (Å²) in [6.45, 7) is 5.48. The van der Waals surface area contributed by atoms with Gasteiger partial charge in [-0.3, -0.25) is 4.68 Å². The van der Waals surface area contributed by atoms with Crippen LogP contribution in [0.5, 0.6) is 0 Å². The number of hydrogen-bond donors (Lipinski definition) is 1. The van der Waals surface area contributed by atoms with E-state index in [1.165, 1.54) is 0 Å². The second kappa shape index (κ2) is 5.97. The number of aryl methyl sites for hydroxylation is 1. The summed E-state index contributed by atoms with van der Waals surface area (Å²) in [5, 5.41) is 17.4. The molecule has 4 nitrogen and oxygen atoms in total. The number of aliphatic hydroxyl groups is 1. The average molecular weight is 358 g/mol. The minimum absolute atomic E-state index is 0.745. The number of rotatable bonds is 5. The van der Waals surface area contributed by atoms with E-state index in [-0.39, 0.29) is 0 Å². The highest BCUT2D eigenvalue weighted by atomic mass is 79.9. The van der Waals surface area contributed by atoms with Crippen LogP contribution in [0.25, 0.3) is 0 Å². The molecule has 20 heavy (non-hydrogen) atoms. The van der Waals surface area contributed by atoms with E-state index in [1.54, 1.807) is 17.5 Å². The Bertz CT molecular complexity index is 589. The van der Waals surface area contributed by atoms with Crippen molar-refractivity contribution in [3.8, 4) is 0 Å². The first-order valence-electron chi connectivity index (χ1n) is 6.47. The molecule has 2 aromatic rings. The molecule has 1 unspecified atom stereocenters. The molecule has 0 aromatic carbocycles. The third kappa shape index (κ3) is 2.98. The molecule has 0 bridgehead atoms. The summed E-state index contributed by atoms with van der Waals surface area (Å²) in [6.07, 6.45) is 1.75. The molecule has 0 radical (unpaired) electrons. The normalized spacial score (nSPS) is 14.8. The molecule has 0 fully saturated rings. The lowest BCUT2D eigenvalue weighted by Crippen LogP contribution is -2.29. The molecule has 2 aromatic heterocycles. The van der Waals surface area contributed by atoms with Gasteiger partial charge in [-0.25, -0.2) is 0 Å². The first kappa shape index (κ1) is 15.7. The number of likely N-dealkylation sites (N-methyl/N-ethyl adjacent to an activating group) is 1. The molecule has 0 saturated heterocycles. The quantitative estimate of drug-likeness (QED) is 0.894. The van der Waals surface area contributed by atoms with Crippen molar-refractivity contribution in [1.82, 2.24) is 14.7 Å². The minimum atomic E-state index is -1.04. The molecular weight excluding hydrogens is 338 g/mol. The van der Waals surface area contributed by atoms with Gasteiger partial charge in [0.1, 0.15) is 5.60 Å². The van der Waals surface area contributed by atoms with Crippen LogP contribution in [0.15, 0.2) is 22.1 Å². The molecule has 0 aliphatic heterocycles. The van der Waals surface area contributed by atoms with Gasteiger partial charge in [-0.05, 0) is 60.9 Å². The van der Waals surface area contributed by atoms with Crippen LogP contribution in [0.1, 0.15) is 23.1 Å².